The predicted molar refractivity (Wildman–Crippen MR) is 75.6 cm³/mol. The van der Waals surface area contributed by atoms with Crippen molar-refractivity contribution in [3.63, 3.8) is 0 Å². The summed E-state index contributed by atoms with van der Waals surface area (Å²) in [5.74, 6) is 1.08. The van der Waals surface area contributed by atoms with Gasteiger partial charge >= 0.3 is 0 Å². The maximum absolute atomic E-state index is 4.33. The Kier molecular flexibility index (Phi) is 7.34. The Morgan fingerprint density at radius 1 is 1.33 bits per heavy atom. The lowest BCUT2D eigenvalue weighted by atomic mass is 10.1. The Bertz CT molecular complexity index is 354. The third-order valence-corrected chi connectivity index (χ3v) is 2.81. The van der Waals surface area contributed by atoms with Gasteiger partial charge in [0.1, 0.15) is 12.2 Å². The average molecular weight is 250 g/mol. The van der Waals surface area contributed by atoms with Crippen LogP contribution in [0, 0.1) is 0 Å². The summed E-state index contributed by atoms with van der Waals surface area (Å²) in [5.41, 5.74) is 1.37. The van der Waals surface area contributed by atoms with Crippen molar-refractivity contribution in [1.82, 2.24) is 20.1 Å². The maximum atomic E-state index is 4.33. The fraction of sp³-hybridized carbons (Fsp3) is 0.714. The first-order valence-electron chi connectivity index (χ1n) is 7.01. The molecule has 0 atom stereocenters. The van der Waals surface area contributed by atoms with E-state index in [2.05, 4.69) is 42.2 Å². The van der Waals surface area contributed by atoms with E-state index in [0.29, 0.717) is 0 Å². The first-order valence-corrected chi connectivity index (χ1v) is 7.01. The van der Waals surface area contributed by atoms with Gasteiger partial charge in [-0.3, -0.25) is 0 Å². The Labute approximate surface area is 110 Å². The molecule has 4 nitrogen and oxygen atoms in total. The van der Waals surface area contributed by atoms with Gasteiger partial charge in [-0.15, -0.1) is 0 Å². The minimum Gasteiger partial charge on any atom is -0.316 e. The van der Waals surface area contributed by atoms with Crippen LogP contribution in [0.15, 0.2) is 18.0 Å². The molecule has 102 valence electrons. The van der Waals surface area contributed by atoms with E-state index in [1.807, 2.05) is 4.68 Å². The van der Waals surface area contributed by atoms with Crippen LogP contribution in [0.1, 0.15) is 45.9 Å². The molecule has 0 spiro atoms. The van der Waals surface area contributed by atoms with Gasteiger partial charge in [0, 0.05) is 13.0 Å². The second-order valence-corrected chi connectivity index (χ2v) is 4.67. The highest BCUT2D eigenvalue weighted by Gasteiger charge is 2.03. The minimum atomic E-state index is 0.910. The van der Waals surface area contributed by atoms with Crippen molar-refractivity contribution in [2.75, 3.05) is 13.1 Å². The van der Waals surface area contributed by atoms with Gasteiger partial charge in [0.15, 0.2) is 0 Å². The van der Waals surface area contributed by atoms with Gasteiger partial charge in [-0.1, -0.05) is 25.5 Å². The number of rotatable bonds is 9. The molecule has 1 aromatic rings. The van der Waals surface area contributed by atoms with Gasteiger partial charge < -0.3 is 5.32 Å². The lowest BCUT2D eigenvalue weighted by Gasteiger charge is -2.05. The van der Waals surface area contributed by atoms with E-state index in [1.165, 1.54) is 12.0 Å². The molecular formula is C14H26N4. The van der Waals surface area contributed by atoms with Crippen molar-refractivity contribution in [2.24, 2.45) is 0 Å². The van der Waals surface area contributed by atoms with E-state index < -0.39 is 0 Å². The van der Waals surface area contributed by atoms with Gasteiger partial charge in [-0.2, -0.15) is 5.10 Å². The molecule has 4 heteroatoms. The molecule has 0 amide bonds. The van der Waals surface area contributed by atoms with Crippen LogP contribution in [0.3, 0.4) is 0 Å². The van der Waals surface area contributed by atoms with Crippen molar-refractivity contribution >= 4 is 0 Å². The Balaban J connectivity index is 2.35. The van der Waals surface area contributed by atoms with E-state index >= 15 is 0 Å². The van der Waals surface area contributed by atoms with Gasteiger partial charge in [-0.25, -0.2) is 9.67 Å². The second kappa shape index (κ2) is 8.86. The number of hydrogen-bond donors (Lipinski definition) is 1. The van der Waals surface area contributed by atoms with E-state index in [4.69, 9.17) is 0 Å². The quantitative estimate of drug-likeness (QED) is 0.541. The topological polar surface area (TPSA) is 42.7 Å². The molecule has 0 radical (unpaired) electrons. The summed E-state index contributed by atoms with van der Waals surface area (Å²) in [5, 5.41) is 7.65. The van der Waals surface area contributed by atoms with Crippen molar-refractivity contribution in [3.05, 3.63) is 23.8 Å². The van der Waals surface area contributed by atoms with Crippen LogP contribution in [0.2, 0.25) is 0 Å². The average Bonchev–Trinajstić information content (AvgIpc) is 2.77. The molecule has 1 aromatic heterocycles. The molecule has 1 rings (SSSR count). The summed E-state index contributed by atoms with van der Waals surface area (Å²) in [6.07, 6.45) is 8.25. The van der Waals surface area contributed by atoms with Crippen molar-refractivity contribution in [3.8, 4) is 0 Å². The molecular weight excluding hydrogens is 224 g/mol. The Morgan fingerprint density at radius 3 is 2.89 bits per heavy atom. The molecule has 0 unspecified atom stereocenters. The number of aromatic nitrogens is 3. The molecule has 0 aromatic carbocycles. The zero-order valence-corrected chi connectivity index (χ0v) is 11.9. The number of aryl methyl sites for hydroxylation is 1. The normalized spacial score (nSPS) is 12.1. The van der Waals surface area contributed by atoms with Gasteiger partial charge in [-0.05, 0) is 39.3 Å². The predicted octanol–water partition coefficient (Wildman–Crippen LogP) is 2.57. The smallest absolute Gasteiger partial charge is 0.138 e. The summed E-state index contributed by atoms with van der Waals surface area (Å²) in [4.78, 5) is 4.33. The summed E-state index contributed by atoms with van der Waals surface area (Å²) in [6, 6.07) is 0. The third-order valence-electron chi connectivity index (χ3n) is 2.81. The second-order valence-electron chi connectivity index (χ2n) is 4.67. The fourth-order valence-corrected chi connectivity index (χ4v) is 1.87. The van der Waals surface area contributed by atoms with E-state index in [-0.39, 0.29) is 0 Å². The Morgan fingerprint density at radius 2 is 2.17 bits per heavy atom. The molecule has 1 N–H and O–H groups in total. The van der Waals surface area contributed by atoms with Crippen LogP contribution >= 0.6 is 0 Å². The molecule has 0 aliphatic carbocycles. The summed E-state index contributed by atoms with van der Waals surface area (Å²) < 4.78 is 2.01. The standard InChI is InChI=1S/C14H26N4/c1-4-8-15-9-6-7-13(3)11-14-16-12-17-18(14)10-5-2/h7,12,15H,4-6,8-11H2,1-3H3. The largest absolute Gasteiger partial charge is 0.316 e. The summed E-state index contributed by atoms with van der Waals surface area (Å²) in [7, 11) is 0. The molecule has 0 aliphatic heterocycles. The minimum absolute atomic E-state index is 0.910. The van der Waals surface area contributed by atoms with Crippen molar-refractivity contribution < 1.29 is 0 Å². The molecule has 1 heterocycles. The lowest BCUT2D eigenvalue weighted by Crippen LogP contribution is -2.15. The highest BCUT2D eigenvalue weighted by Crippen LogP contribution is 2.06. The van der Waals surface area contributed by atoms with E-state index in [1.54, 1.807) is 6.33 Å². The van der Waals surface area contributed by atoms with Crippen LogP contribution in [-0.2, 0) is 13.0 Å². The molecule has 0 aliphatic rings. The SMILES string of the molecule is CCCNCCC=C(C)Cc1ncnn1CCC. The van der Waals surface area contributed by atoms with Gasteiger partial charge in [0.25, 0.3) is 0 Å². The number of allylic oxidation sites excluding steroid dienone is 1. The van der Waals surface area contributed by atoms with E-state index in [9.17, 15) is 0 Å². The van der Waals surface area contributed by atoms with Crippen LogP contribution < -0.4 is 5.32 Å². The third kappa shape index (κ3) is 5.45. The highest BCUT2D eigenvalue weighted by molar-refractivity contribution is 5.06. The van der Waals surface area contributed by atoms with Gasteiger partial charge in [0.2, 0.25) is 0 Å². The van der Waals surface area contributed by atoms with Crippen LogP contribution in [-0.4, -0.2) is 27.9 Å². The summed E-state index contributed by atoms with van der Waals surface area (Å²) in [6.45, 7) is 9.65. The summed E-state index contributed by atoms with van der Waals surface area (Å²) >= 11 is 0. The number of hydrogen-bond acceptors (Lipinski definition) is 3. The van der Waals surface area contributed by atoms with Crippen molar-refractivity contribution in [2.45, 2.75) is 53.0 Å². The molecule has 18 heavy (non-hydrogen) atoms. The van der Waals surface area contributed by atoms with Crippen molar-refractivity contribution in [1.29, 1.82) is 0 Å². The first-order chi connectivity index (χ1) is 8.77. The fourth-order valence-electron chi connectivity index (χ4n) is 1.87. The molecule has 0 fully saturated rings. The van der Waals surface area contributed by atoms with Gasteiger partial charge in [0.05, 0.1) is 0 Å². The molecule has 0 saturated carbocycles. The zero-order chi connectivity index (χ0) is 13.2. The lowest BCUT2D eigenvalue weighted by molar-refractivity contribution is 0.574. The monoisotopic (exact) mass is 250 g/mol. The van der Waals surface area contributed by atoms with Crippen LogP contribution in [0.5, 0.6) is 0 Å². The maximum Gasteiger partial charge on any atom is 0.138 e. The first kappa shape index (κ1) is 14.9. The van der Waals surface area contributed by atoms with Crippen LogP contribution in [0.25, 0.3) is 0 Å². The Hall–Kier alpha value is -1.16. The molecule has 0 saturated heterocycles. The number of nitrogens with zero attached hydrogens (tertiary/aromatic N) is 3. The highest BCUT2D eigenvalue weighted by atomic mass is 15.3. The van der Waals surface area contributed by atoms with E-state index in [0.717, 1.165) is 44.7 Å². The van der Waals surface area contributed by atoms with Crippen LogP contribution in [0.4, 0.5) is 0 Å². The number of nitrogens with one attached hydrogen (secondary N) is 1. The zero-order valence-electron chi connectivity index (χ0n) is 11.9. The molecule has 0 bridgehead atoms.